The number of carbonyl (C=O) groups is 1. The van der Waals surface area contributed by atoms with Gasteiger partial charge in [0.15, 0.2) is 5.52 Å². The van der Waals surface area contributed by atoms with Crippen molar-refractivity contribution in [1.29, 1.82) is 0 Å². The third-order valence-electron chi connectivity index (χ3n) is 6.13. The van der Waals surface area contributed by atoms with Crippen LogP contribution in [0.4, 0.5) is 8.78 Å². The maximum absolute atomic E-state index is 15.2. The molecule has 0 saturated heterocycles. The molecule has 0 atom stereocenters. The molecular weight excluding hydrogens is 426 g/mol. The molecule has 0 radical (unpaired) electrons. The fraction of sp³-hybridized carbons (Fsp3) is 0.182. The zero-order valence-corrected chi connectivity index (χ0v) is 18.6. The monoisotopic (exact) mass is 445 g/mol. The number of hydrogen-bond donors (Lipinski definition) is 0. The van der Waals surface area contributed by atoms with Crippen molar-refractivity contribution in [1.82, 2.24) is 24.6 Å². The smallest absolute Gasteiger partial charge is 0.255 e. The predicted molar refractivity (Wildman–Crippen MR) is 123 cm³/mol. The van der Waals surface area contributed by atoms with E-state index >= 15 is 8.78 Å². The van der Waals surface area contributed by atoms with Crippen LogP contribution in [0, 0.1) is 11.6 Å². The third kappa shape index (κ3) is 3.18. The first-order chi connectivity index (χ1) is 15.7. The van der Waals surface area contributed by atoms with Gasteiger partial charge in [-0.15, -0.1) is 0 Å². The quantitative estimate of drug-likeness (QED) is 0.444. The number of hydrogen-bond acceptors (Lipinski definition) is 5. The highest BCUT2D eigenvalue weighted by Crippen LogP contribution is 2.37. The van der Waals surface area contributed by atoms with Crippen molar-refractivity contribution in [2.75, 3.05) is 7.11 Å². The van der Waals surface area contributed by atoms with Crippen LogP contribution in [-0.4, -0.2) is 53.4 Å². The number of benzene rings is 1. The predicted octanol–water partition coefficient (Wildman–Crippen LogP) is 1.35. The molecule has 0 spiro atoms. The average Bonchev–Trinajstić information content (AvgIpc) is 3.26. The van der Waals surface area contributed by atoms with E-state index in [1.165, 1.54) is 30.3 Å². The van der Waals surface area contributed by atoms with Gasteiger partial charge in [0.1, 0.15) is 27.3 Å². The van der Waals surface area contributed by atoms with Crippen LogP contribution in [0.5, 0.6) is 5.88 Å². The van der Waals surface area contributed by atoms with Crippen LogP contribution < -0.4 is 4.74 Å². The van der Waals surface area contributed by atoms with E-state index in [-0.39, 0.29) is 18.0 Å². The molecule has 0 bridgehead atoms. The number of nitrogens with zero attached hydrogens (tertiary/aromatic N) is 5. The Morgan fingerprint density at radius 2 is 1.88 bits per heavy atom. The minimum Gasteiger partial charge on any atom is -0.479 e. The van der Waals surface area contributed by atoms with Gasteiger partial charge in [0.25, 0.3) is 5.91 Å². The number of rotatable bonds is 4. The first-order valence-corrected chi connectivity index (χ1v) is 10.3. The van der Waals surface area contributed by atoms with Gasteiger partial charge in [-0.25, -0.2) is 13.8 Å². The lowest BCUT2D eigenvalue weighted by Gasteiger charge is -2.32. The Morgan fingerprint density at radius 3 is 2.55 bits per heavy atom. The average molecular weight is 445 g/mol. The fourth-order valence-electron chi connectivity index (χ4n) is 4.41. The zero-order valence-electron chi connectivity index (χ0n) is 18.6. The SMILES string of the molecule is BC1(B)c2ncccc2C(=O)N1Cc1c(F)cc(-c2cnc(OC)c3nn(C)cc23)cc1F. The molecule has 0 N–H and O–H groups in total. The number of aryl methyl sites for hydroxylation is 1. The van der Waals surface area contributed by atoms with E-state index in [9.17, 15) is 4.79 Å². The minimum absolute atomic E-state index is 0.183. The van der Waals surface area contributed by atoms with Crippen molar-refractivity contribution in [3.05, 3.63) is 71.3 Å². The summed E-state index contributed by atoms with van der Waals surface area (Å²) in [6.45, 7) is -0.219. The second kappa shape index (κ2) is 7.40. The highest BCUT2D eigenvalue weighted by Gasteiger charge is 2.44. The molecule has 0 aliphatic carbocycles. The normalized spacial score (nSPS) is 14.7. The fourth-order valence-corrected chi connectivity index (χ4v) is 4.41. The standard InChI is InChI=1S/C22H19B2F2N5O2/c1-30-9-14-13(8-28-20(33-2)18(14)29-30)11-6-16(25)15(17(26)7-11)10-31-21(32)12-4-3-5-27-19(12)22(31,23)24/h3-9H,10,23-24H2,1-2H3. The zero-order chi connectivity index (χ0) is 23.5. The molecule has 0 unspecified atom stereocenters. The van der Waals surface area contributed by atoms with Crippen molar-refractivity contribution in [2.24, 2.45) is 7.05 Å². The molecule has 0 fully saturated rings. The molecule has 33 heavy (non-hydrogen) atoms. The molecule has 7 nitrogen and oxygen atoms in total. The number of methoxy groups -OCH3 is 1. The highest BCUT2D eigenvalue weighted by molar-refractivity contribution is 6.42. The molecule has 0 saturated carbocycles. The lowest BCUT2D eigenvalue weighted by atomic mass is 9.59. The van der Waals surface area contributed by atoms with E-state index in [1.807, 2.05) is 15.7 Å². The Hall–Kier alpha value is -3.75. The van der Waals surface area contributed by atoms with Crippen LogP contribution >= 0.6 is 0 Å². The van der Waals surface area contributed by atoms with E-state index in [1.54, 1.807) is 36.3 Å². The summed E-state index contributed by atoms with van der Waals surface area (Å²) in [6, 6.07) is 5.87. The Kier molecular flexibility index (Phi) is 4.73. The van der Waals surface area contributed by atoms with E-state index in [0.717, 1.165) is 0 Å². The summed E-state index contributed by atoms with van der Waals surface area (Å²) in [5.41, 5.74) is 2.20. The molecule has 1 aliphatic heterocycles. The van der Waals surface area contributed by atoms with E-state index in [2.05, 4.69) is 15.1 Å². The lowest BCUT2D eigenvalue weighted by Crippen LogP contribution is -2.45. The van der Waals surface area contributed by atoms with Crippen molar-refractivity contribution in [2.45, 2.75) is 11.9 Å². The van der Waals surface area contributed by atoms with Gasteiger partial charge in [-0.05, 0) is 29.8 Å². The molecule has 3 aromatic heterocycles. The van der Waals surface area contributed by atoms with Crippen LogP contribution in [0.25, 0.3) is 22.0 Å². The van der Waals surface area contributed by atoms with Crippen LogP contribution in [0.15, 0.2) is 42.9 Å². The number of carbonyl (C=O) groups excluding carboxylic acids is 1. The van der Waals surface area contributed by atoms with Gasteiger partial charge in [-0.2, -0.15) is 5.10 Å². The lowest BCUT2D eigenvalue weighted by molar-refractivity contribution is 0.0727. The first-order valence-electron chi connectivity index (χ1n) is 10.3. The van der Waals surface area contributed by atoms with E-state index in [0.29, 0.717) is 39.2 Å². The summed E-state index contributed by atoms with van der Waals surface area (Å²) < 4.78 is 37.3. The summed E-state index contributed by atoms with van der Waals surface area (Å²) >= 11 is 0. The molecule has 1 aromatic carbocycles. The van der Waals surface area contributed by atoms with Gasteiger partial charge in [0, 0.05) is 47.5 Å². The topological polar surface area (TPSA) is 73.1 Å². The first kappa shape index (κ1) is 21.1. The largest absolute Gasteiger partial charge is 0.479 e. The summed E-state index contributed by atoms with van der Waals surface area (Å²) in [5, 5.41) is 4.20. The molecule has 5 rings (SSSR count). The summed E-state index contributed by atoms with van der Waals surface area (Å²) in [7, 11) is 6.86. The van der Waals surface area contributed by atoms with Crippen LogP contribution in [0.1, 0.15) is 21.6 Å². The Morgan fingerprint density at radius 1 is 1.15 bits per heavy atom. The highest BCUT2D eigenvalue weighted by atomic mass is 19.1. The molecule has 4 heterocycles. The van der Waals surface area contributed by atoms with Gasteiger partial charge in [-0.1, -0.05) is 0 Å². The molecule has 4 aromatic rings. The maximum atomic E-state index is 15.2. The molecule has 11 heteroatoms. The molecule has 164 valence electrons. The molecule has 1 amide bonds. The van der Waals surface area contributed by atoms with Crippen molar-refractivity contribution in [3.63, 3.8) is 0 Å². The number of amides is 1. The van der Waals surface area contributed by atoms with Crippen molar-refractivity contribution < 1.29 is 18.3 Å². The Balaban J connectivity index is 1.55. The number of fused-ring (bicyclic) bond motifs is 2. The van der Waals surface area contributed by atoms with Gasteiger partial charge in [0.2, 0.25) is 5.88 Å². The van der Waals surface area contributed by atoms with Crippen LogP contribution in [-0.2, 0) is 18.9 Å². The van der Waals surface area contributed by atoms with Gasteiger partial charge >= 0.3 is 0 Å². The van der Waals surface area contributed by atoms with Crippen LogP contribution in [0.2, 0.25) is 0 Å². The van der Waals surface area contributed by atoms with Gasteiger partial charge < -0.3 is 9.64 Å². The van der Waals surface area contributed by atoms with Crippen LogP contribution in [0.3, 0.4) is 0 Å². The summed E-state index contributed by atoms with van der Waals surface area (Å²) in [4.78, 5) is 22.9. The summed E-state index contributed by atoms with van der Waals surface area (Å²) in [5.74, 6) is -1.46. The maximum Gasteiger partial charge on any atom is 0.255 e. The Labute approximate surface area is 190 Å². The van der Waals surface area contributed by atoms with E-state index < -0.39 is 17.0 Å². The minimum atomic E-state index is -0.799. The van der Waals surface area contributed by atoms with Gasteiger partial charge in [0.05, 0.1) is 24.9 Å². The number of aromatic nitrogens is 4. The van der Waals surface area contributed by atoms with E-state index in [4.69, 9.17) is 4.74 Å². The second-order valence-electron chi connectivity index (χ2n) is 8.51. The second-order valence-corrected chi connectivity index (χ2v) is 8.51. The Bertz CT molecular complexity index is 1420. The van der Waals surface area contributed by atoms with Gasteiger partial charge in [-0.3, -0.25) is 14.5 Å². The molecular formula is C22H19B2F2N5O2. The third-order valence-corrected chi connectivity index (χ3v) is 6.13. The number of ether oxygens (including phenoxy) is 1. The summed E-state index contributed by atoms with van der Waals surface area (Å²) in [6.07, 6.45) is 4.86. The van der Waals surface area contributed by atoms with Crippen molar-refractivity contribution >= 4 is 32.5 Å². The number of pyridine rings is 2. The molecule has 1 aliphatic rings. The van der Waals surface area contributed by atoms with Crippen molar-refractivity contribution in [3.8, 4) is 17.0 Å². The number of halogens is 2.